The molecule has 0 bridgehead atoms. The molecule has 0 unspecified atom stereocenters. The van der Waals surface area contributed by atoms with Crippen LogP contribution in [0.15, 0.2) is 42.7 Å². The minimum absolute atomic E-state index is 0.963. The van der Waals surface area contributed by atoms with Crippen LogP contribution in [0.4, 0.5) is 0 Å². The van der Waals surface area contributed by atoms with E-state index in [9.17, 15) is 0 Å². The Morgan fingerprint density at radius 1 is 1.21 bits per heavy atom. The van der Waals surface area contributed by atoms with Crippen molar-refractivity contribution in [1.82, 2.24) is 4.98 Å². The fraction of sp³-hybridized carbons (Fsp3) is 0.0909. The zero-order valence-corrected chi connectivity index (χ0v) is 7.72. The molecule has 0 aromatic carbocycles. The van der Waals surface area contributed by atoms with E-state index in [-0.39, 0.29) is 0 Å². The van der Waals surface area contributed by atoms with Gasteiger partial charge >= 0.3 is 7.41 Å². The second-order valence-electron chi connectivity index (χ2n) is 3.39. The lowest BCUT2D eigenvalue weighted by Gasteiger charge is -2.11. The van der Waals surface area contributed by atoms with Crippen molar-refractivity contribution in [3.63, 3.8) is 0 Å². The van der Waals surface area contributed by atoms with Gasteiger partial charge in [-0.2, -0.15) is 0 Å². The molecule has 0 aliphatic carbocycles. The molecule has 0 saturated heterocycles. The number of aromatic nitrogens is 2. The third-order valence-corrected chi connectivity index (χ3v) is 2.53. The summed E-state index contributed by atoms with van der Waals surface area (Å²) in [5, 5.41) is 0. The highest BCUT2D eigenvalue weighted by Crippen LogP contribution is 2.19. The largest absolute Gasteiger partial charge is 0.544 e. The van der Waals surface area contributed by atoms with Gasteiger partial charge in [-0.05, 0) is 23.8 Å². The number of hydrogen-bond acceptors (Lipinski definition) is 1. The Labute approximate surface area is 83.5 Å². The van der Waals surface area contributed by atoms with E-state index in [0.29, 0.717) is 0 Å². The first-order chi connectivity index (χ1) is 6.95. The van der Waals surface area contributed by atoms with Crippen molar-refractivity contribution in [3.8, 4) is 11.4 Å². The molecule has 0 atom stereocenters. The van der Waals surface area contributed by atoms with E-state index in [1.54, 1.807) is 0 Å². The van der Waals surface area contributed by atoms with Crippen molar-refractivity contribution >= 4 is 7.41 Å². The Bertz CT molecular complexity index is 437. The van der Waals surface area contributed by atoms with Crippen LogP contribution >= 0.6 is 0 Å². The molecule has 0 spiro atoms. The summed E-state index contributed by atoms with van der Waals surface area (Å²) in [5.74, 6) is 0. The molecule has 2 aromatic rings. The van der Waals surface area contributed by atoms with E-state index in [1.807, 2.05) is 24.4 Å². The summed E-state index contributed by atoms with van der Waals surface area (Å²) in [5.41, 5.74) is 3.59. The van der Waals surface area contributed by atoms with Gasteiger partial charge < -0.3 is 0 Å². The normalized spacial score (nSPS) is 12.6. The first kappa shape index (κ1) is 7.74. The topological polar surface area (TPSA) is 16.8 Å². The van der Waals surface area contributed by atoms with Crippen LogP contribution in [0, 0.1) is 0 Å². The Morgan fingerprint density at radius 3 is 3.21 bits per heavy atom. The van der Waals surface area contributed by atoms with E-state index < -0.39 is 0 Å². The number of nitrogens with zero attached hydrogens (tertiary/aromatic N) is 2. The molecule has 0 N–H and O–H groups in total. The minimum atomic E-state index is 0.963. The van der Waals surface area contributed by atoms with Gasteiger partial charge in [-0.15, -0.1) is 0 Å². The van der Waals surface area contributed by atoms with E-state index in [4.69, 9.17) is 0 Å². The summed E-state index contributed by atoms with van der Waals surface area (Å²) >= 11 is 0. The quantitative estimate of drug-likeness (QED) is 0.553. The molecule has 1 aliphatic heterocycles. The van der Waals surface area contributed by atoms with Gasteiger partial charge in [0.25, 0.3) is 0 Å². The molecule has 2 aromatic heterocycles. The van der Waals surface area contributed by atoms with Gasteiger partial charge in [-0.25, -0.2) is 4.98 Å². The number of fused-ring (bicyclic) bond motifs is 3. The fourth-order valence-electron chi connectivity index (χ4n) is 1.85. The van der Waals surface area contributed by atoms with Gasteiger partial charge in [0.1, 0.15) is 11.9 Å². The average molecular weight is 180 g/mol. The maximum Gasteiger partial charge on any atom is 0.544 e. The van der Waals surface area contributed by atoms with Crippen LogP contribution in [0.5, 0.6) is 0 Å². The van der Waals surface area contributed by atoms with Crippen molar-refractivity contribution < 1.29 is 4.48 Å². The highest BCUT2D eigenvalue weighted by molar-refractivity contribution is 6.25. The highest BCUT2D eigenvalue weighted by atomic mass is 14.9. The Balaban J connectivity index is 2.29. The molecular formula is C11H9BN2+. The average Bonchev–Trinajstić information content (AvgIpc) is 2.29. The monoisotopic (exact) mass is 180 g/mol. The van der Waals surface area contributed by atoms with Crippen LogP contribution in [0.3, 0.4) is 0 Å². The Kier molecular flexibility index (Phi) is 1.63. The lowest BCUT2D eigenvalue weighted by atomic mass is 9.78. The van der Waals surface area contributed by atoms with E-state index >= 15 is 0 Å². The molecule has 1 radical (unpaired) electrons. The van der Waals surface area contributed by atoms with Crippen LogP contribution in [0.1, 0.15) is 5.56 Å². The molecule has 1 aliphatic rings. The van der Waals surface area contributed by atoms with Crippen molar-refractivity contribution in [2.45, 2.75) is 6.32 Å². The predicted octanol–water partition coefficient (Wildman–Crippen LogP) is 1.02. The smallest absolute Gasteiger partial charge is 0.283 e. The first-order valence-electron chi connectivity index (χ1n) is 4.73. The van der Waals surface area contributed by atoms with Gasteiger partial charge in [0, 0.05) is 18.6 Å². The predicted molar refractivity (Wildman–Crippen MR) is 54.7 cm³/mol. The van der Waals surface area contributed by atoms with Crippen LogP contribution < -0.4 is 4.48 Å². The highest BCUT2D eigenvalue weighted by Gasteiger charge is 2.25. The SMILES string of the molecule is [B]1Cc2cccnc2-c2cccc[n+]21. The Hall–Kier alpha value is -1.64. The second-order valence-corrected chi connectivity index (χ2v) is 3.39. The summed E-state index contributed by atoms with van der Waals surface area (Å²) in [6.45, 7) is 0. The lowest BCUT2D eigenvalue weighted by Crippen LogP contribution is -2.45. The molecule has 0 amide bonds. The van der Waals surface area contributed by atoms with Crippen molar-refractivity contribution in [2.24, 2.45) is 0 Å². The molecule has 3 heteroatoms. The van der Waals surface area contributed by atoms with Crippen LogP contribution in [0.25, 0.3) is 11.4 Å². The van der Waals surface area contributed by atoms with Crippen molar-refractivity contribution in [1.29, 1.82) is 0 Å². The van der Waals surface area contributed by atoms with Gasteiger partial charge in [0.2, 0.25) is 5.69 Å². The van der Waals surface area contributed by atoms with Crippen LogP contribution in [-0.2, 0) is 6.32 Å². The zero-order valence-electron chi connectivity index (χ0n) is 7.72. The van der Waals surface area contributed by atoms with Gasteiger partial charge in [-0.3, -0.25) is 4.48 Å². The van der Waals surface area contributed by atoms with Gasteiger partial charge in [0.05, 0.1) is 0 Å². The van der Waals surface area contributed by atoms with Crippen molar-refractivity contribution in [3.05, 3.63) is 48.3 Å². The van der Waals surface area contributed by atoms with Gasteiger partial charge in [0.15, 0.2) is 0 Å². The third-order valence-electron chi connectivity index (χ3n) is 2.53. The summed E-state index contributed by atoms with van der Waals surface area (Å²) in [4.78, 5) is 4.42. The Morgan fingerprint density at radius 2 is 2.21 bits per heavy atom. The summed E-state index contributed by atoms with van der Waals surface area (Å²) in [7, 11) is 2.18. The molecular weight excluding hydrogens is 171 g/mol. The lowest BCUT2D eigenvalue weighted by molar-refractivity contribution is -0.519. The van der Waals surface area contributed by atoms with E-state index in [1.165, 1.54) is 11.3 Å². The number of rotatable bonds is 0. The second kappa shape index (κ2) is 2.94. The summed E-state index contributed by atoms with van der Waals surface area (Å²) in [6.07, 6.45) is 4.87. The zero-order chi connectivity index (χ0) is 9.38. The molecule has 3 rings (SSSR count). The summed E-state index contributed by atoms with van der Waals surface area (Å²) in [6, 6.07) is 10.3. The van der Waals surface area contributed by atoms with Crippen LogP contribution in [0.2, 0.25) is 0 Å². The molecule has 2 nitrogen and oxygen atoms in total. The molecule has 0 saturated carbocycles. The van der Waals surface area contributed by atoms with Crippen LogP contribution in [-0.4, -0.2) is 12.4 Å². The van der Waals surface area contributed by atoms with Crippen molar-refractivity contribution in [2.75, 3.05) is 0 Å². The maximum atomic E-state index is 4.42. The minimum Gasteiger partial charge on any atom is -0.283 e. The number of hydrogen-bond donors (Lipinski definition) is 0. The first-order valence-corrected chi connectivity index (χ1v) is 4.73. The van der Waals surface area contributed by atoms with E-state index in [0.717, 1.165) is 12.0 Å². The standard InChI is InChI=1S/C11H9BN2/c1-2-7-14-10(5-1)11-9(8-12-14)4-3-6-13-11/h1-7H,8H2/q+1. The third kappa shape index (κ3) is 1.05. The fourth-order valence-corrected chi connectivity index (χ4v) is 1.85. The van der Waals surface area contributed by atoms with E-state index in [2.05, 4.69) is 35.2 Å². The molecule has 3 heterocycles. The molecule has 0 fully saturated rings. The summed E-state index contributed by atoms with van der Waals surface area (Å²) < 4.78 is 2.13. The molecule has 14 heavy (non-hydrogen) atoms. The number of pyridine rings is 2. The van der Waals surface area contributed by atoms with Gasteiger partial charge in [-0.1, -0.05) is 6.07 Å². The molecule has 65 valence electrons. The maximum absolute atomic E-state index is 4.42.